The Kier molecular flexibility index (Phi) is 8.95. The number of rotatable bonds is 12. The molecule has 1 atom stereocenters. The van der Waals surface area contributed by atoms with Crippen molar-refractivity contribution in [2.24, 2.45) is 0 Å². The van der Waals surface area contributed by atoms with Crippen molar-refractivity contribution in [1.29, 1.82) is 0 Å². The van der Waals surface area contributed by atoms with E-state index in [9.17, 15) is 9.90 Å². The zero-order valence-corrected chi connectivity index (χ0v) is 20.7. The minimum atomic E-state index is -0.831. The molecule has 0 aliphatic carbocycles. The second kappa shape index (κ2) is 12.8. The number of anilines is 1. The van der Waals surface area contributed by atoms with Gasteiger partial charge in [-0.25, -0.2) is 4.98 Å². The molecule has 184 valence electrons. The Morgan fingerprint density at radius 2 is 1.75 bits per heavy atom. The molecule has 4 rings (SSSR count). The van der Waals surface area contributed by atoms with Crippen molar-refractivity contribution in [1.82, 2.24) is 4.98 Å². The first kappa shape index (κ1) is 25.3. The fourth-order valence-corrected chi connectivity index (χ4v) is 4.41. The van der Waals surface area contributed by atoms with Gasteiger partial charge in [-0.3, -0.25) is 4.79 Å². The van der Waals surface area contributed by atoms with Gasteiger partial charge in [-0.15, -0.1) is 0 Å². The maximum Gasteiger partial charge on any atom is 0.303 e. The van der Waals surface area contributed by atoms with Gasteiger partial charge in [0.05, 0.1) is 13.0 Å². The largest absolute Gasteiger partial charge is 0.494 e. The molecule has 1 heterocycles. The highest BCUT2D eigenvalue weighted by atomic mass is 35.5. The Bertz CT molecular complexity index is 1250. The molecule has 5 nitrogen and oxygen atoms in total. The van der Waals surface area contributed by atoms with Gasteiger partial charge in [0.15, 0.2) is 0 Å². The van der Waals surface area contributed by atoms with Crippen LogP contribution in [0, 0.1) is 0 Å². The highest BCUT2D eigenvalue weighted by Crippen LogP contribution is 2.33. The third-order valence-corrected chi connectivity index (χ3v) is 6.25. The fourth-order valence-electron chi connectivity index (χ4n) is 4.11. The Morgan fingerprint density at radius 1 is 0.972 bits per heavy atom. The van der Waals surface area contributed by atoms with E-state index >= 15 is 0 Å². The molecular weight excluding hydrogens is 472 g/mol. The van der Waals surface area contributed by atoms with E-state index in [1.54, 1.807) is 6.20 Å². The molecule has 0 fully saturated rings. The van der Waals surface area contributed by atoms with E-state index in [2.05, 4.69) is 10.3 Å². The molecule has 0 amide bonds. The van der Waals surface area contributed by atoms with Gasteiger partial charge >= 0.3 is 5.97 Å². The first-order chi connectivity index (χ1) is 17.6. The number of pyridine rings is 1. The Morgan fingerprint density at radius 3 is 2.44 bits per heavy atom. The molecule has 0 aliphatic rings. The SMILES string of the molecule is O=C(O)CC(Cc1ccc(OCCCNc2ccccn2)cc1)c1ccc(-c2ccccc2)c(Cl)c1. The number of carboxylic acid groups (broad SMARTS) is 1. The summed E-state index contributed by atoms with van der Waals surface area (Å²) in [4.78, 5) is 15.8. The number of halogens is 1. The zero-order valence-electron chi connectivity index (χ0n) is 19.9. The summed E-state index contributed by atoms with van der Waals surface area (Å²) in [6.45, 7) is 1.37. The third-order valence-electron chi connectivity index (χ3n) is 5.94. The van der Waals surface area contributed by atoms with Crippen LogP contribution in [0.5, 0.6) is 5.75 Å². The second-order valence-electron chi connectivity index (χ2n) is 8.59. The van der Waals surface area contributed by atoms with Gasteiger partial charge in [0, 0.05) is 23.3 Å². The molecule has 4 aromatic rings. The van der Waals surface area contributed by atoms with Crippen LogP contribution in [0.25, 0.3) is 11.1 Å². The van der Waals surface area contributed by atoms with Crippen molar-refractivity contribution in [3.8, 4) is 16.9 Å². The highest BCUT2D eigenvalue weighted by molar-refractivity contribution is 6.33. The summed E-state index contributed by atoms with van der Waals surface area (Å²) in [5, 5.41) is 13.4. The molecule has 1 aromatic heterocycles. The molecular formula is C30H29ClN2O3. The third kappa shape index (κ3) is 7.33. The molecule has 6 heteroatoms. The Balaban J connectivity index is 1.34. The van der Waals surface area contributed by atoms with Crippen LogP contribution in [0.15, 0.2) is 97.2 Å². The van der Waals surface area contributed by atoms with Gasteiger partial charge in [0.1, 0.15) is 11.6 Å². The molecule has 0 radical (unpaired) electrons. The Hall–Kier alpha value is -3.83. The number of hydrogen-bond acceptors (Lipinski definition) is 4. The second-order valence-corrected chi connectivity index (χ2v) is 9.00. The number of nitrogens with one attached hydrogen (secondary N) is 1. The van der Waals surface area contributed by atoms with Crippen LogP contribution in [-0.2, 0) is 11.2 Å². The summed E-state index contributed by atoms with van der Waals surface area (Å²) in [5.41, 5.74) is 3.94. The van der Waals surface area contributed by atoms with Crippen molar-refractivity contribution in [2.45, 2.75) is 25.2 Å². The predicted molar refractivity (Wildman–Crippen MR) is 145 cm³/mol. The normalized spacial score (nSPS) is 11.6. The number of hydrogen-bond donors (Lipinski definition) is 2. The first-order valence-electron chi connectivity index (χ1n) is 12.0. The molecule has 2 N–H and O–H groups in total. The summed E-state index contributed by atoms with van der Waals surface area (Å²) < 4.78 is 5.85. The summed E-state index contributed by atoms with van der Waals surface area (Å²) >= 11 is 6.60. The lowest BCUT2D eigenvalue weighted by Gasteiger charge is -2.17. The van der Waals surface area contributed by atoms with E-state index in [1.807, 2.05) is 91.0 Å². The van der Waals surface area contributed by atoms with Crippen molar-refractivity contribution >= 4 is 23.4 Å². The predicted octanol–water partition coefficient (Wildman–Crippen LogP) is 7.08. The number of carboxylic acids is 1. The molecule has 0 bridgehead atoms. The van der Waals surface area contributed by atoms with Crippen molar-refractivity contribution in [3.63, 3.8) is 0 Å². The molecule has 0 saturated carbocycles. The van der Waals surface area contributed by atoms with E-state index in [1.165, 1.54) is 0 Å². The first-order valence-corrected chi connectivity index (χ1v) is 12.4. The summed E-state index contributed by atoms with van der Waals surface area (Å²) in [5.74, 6) is 0.632. The summed E-state index contributed by atoms with van der Waals surface area (Å²) in [6.07, 6.45) is 3.23. The van der Waals surface area contributed by atoms with Crippen molar-refractivity contribution < 1.29 is 14.6 Å². The lowest BCUT2D eigenvalue weighted by Crippen LogP contribution is -2.10. The topological polar surface area (TPSA) is 71.5 Å². The standard InChI is InChI=1S/C30H29ClN2O3/c31-28-20-24(12-15-27(28)23-7-2-1-3-8-23)25(21-30(34)35)19-22-10-13-26(14-11-22)36-18-6-17-33-29-9-4-5-16-32-29/h1-5,7-16,20,25H,6,17-19,21H2,(H,32,33)(H,34,35). The van der Waals surface area contributed by atoms with Crippen molar-refractivity contribution in [3.05, 3.63) is 113 Å². The van der Waals surface area contributed by atoms with Crippen LogP contribution in [0.4, 0.5) is 5.82 Å². The van der Waals surface area contributed by atoms with Crippen LogP contribution in [0.2, 0.25) is 5.02 Å². The number of carbonyl (C=O) groups is 1. The maximum atomic E-state index is 11.6. The molecule has 0 aliphatic heterocycles. The van der Waals surface area contributed by atoms with Crippen molar-refractivity contribution in [2.75, 3.05) is 18.5 Å². The maximum absolute atomic E-state index is 11.6. The molecule has 1 unspecified atom stereocenters. The molecule has 36 heavy (non-hydrogen) atoms. The monoisotopic (exact) mass is 500 g/mol. The van der Waals surface area contributed by atoms with Gasteiger partial charge < -0.3 is 15.2 Å². The van der Waals surface area contributed by atoms with Crippen LogP contribution in [-0.4, -0.2) is 29.2 Å². The van der Waals surface area contributed by atoms with Gasteiger partial charge in [0.25, 0.3) is 0 Å². The smallest absolute Gasteiger partial charge is 0.303 e. The zero-order chi connectivity index (χ0) is 25.2. The number of ether oxygens (including phenoxy) is 1. The van der Waals surface area contributed by atoms with Crippen LogP contribution >= 0.6 is 11.6 Å². The quantitative estimate of drug-likeness (QED) is 0.203. The van der Waals surface area contributed by atoms with E-state index < -0.39 is 5.97 Å². The number of benzene rings is 3. The van der Waals surface area contributed by atoms with Crippen LogP contribution < -0.4 is 10.1 Å². The van der Waals surface area contributed by atoms with E-state index in [-0.39, 0.29) is 12.3 Å². The van der Waals surface area contributed by atoms with E-state index in [0.29, 0.717) is 18.1 Å². The Labute approximate surface area is 216 Å². The highest BCUT2D eigenvalue weighted by Gasteiger charge is 2.18. The minimum absolute atomic E-state index is 0.0303. The van der Waals surface area contributed by atoms with Gasteiger partial charge in [-0.2, -0.15) is 0 Å². The summed E-state index contributed by atoms with van der Waals surface area (Å²) in [7, 11) is 0. The molecule has 3 aromatic carbocycles. The number of aromatic nitrogens is 1. The lowest BCUT2D eigenvalue weighted by molar-refractivity contribution is -0.137. The average Bonchev–Trinajstić information content (AvgIpc) is 2.90. The van der Waals surface area contributed by atoms with E-state index in [4.69, 9.17) is 16.3 Å². The minimum Gasteiger partial charge on any atom is -0.494 e. The average molecular weight is 501 g/mol. The lowest BCUT2D eigenvalue weighted by atomic mass is 9.88. The van der Waals surface area contributed by atoms with Gasteiger partial charge in [0.2, 0.25) is 0 Å². The van der Waals surface area contributed by atoms with Crippen LogP contribution in [0.1, 0.15) is 29.9 Å². The number of nitrogens with zero attached hydrogens (tertiary/aromatic N) is 1. The molecule has 0 spiro atoms. The van der Waals surface area contributed by atoms with E-state index in [0.717, 1.165) is 46.8 Å². The van der Waals surface area contributed by atoms with Gasteiger partial charge in [-0.05, 0) is 65.8 Å². The number of aliphatic carboxylic acids is 1. The fraction of sp³-hybridized carbons (Fsp3) is 0.200. The summed E-state index contributed by atoms with van der Waals surface area (Å²) in [6, 6.07) is 29.4. The van der Waals surface area contributed by atoms with Gasteiger partial charge in [-0.1, -0.05) is 72.3 Å². The van der Waals surface area contributed by atoms with Crippen LogP contribution in [0.3, 0.4) is 0 Å². The molecule has 0 saturated heterocycles.